The molecule has 8 heteroatoms. The number of nitrogen functional groups attached to an aromatic ring is 1. The molecule has 0 fully saturated rings. The minimum absolute atomic E-state index is 0.209. The van der Waals surface area contributed by atoms with Crippen molar-refractivity contribution in [2.75, 3.05) is 36.7 Å². The fourth-order valence-corrected chi connectivity index (χ4v) is 1.57. The van der Waals surface area contributed by atoms with Gasteiger partial charge in [-0.15, -0.1) is 0 Å². The summed E-state index contributed by atoms with van der Waals surface area (Å²) in [6, 6.07) is 0. The third-order valence-electron chi connectivity index (χ3n) is 2.67. The summed E-state index contributed by atoms with van der Waals surface area (Å²) < 4.78 is 1.95. The summed E-state index contributed by atoms with van der Waals surface area (Å²) in [4.78, 5) is 20.5. The van der Waals surface area contributed by atoms with Gasteiger partial charge in [0, 0.05) is 40.6 Å². The number of imidazole rings is 1. The van der Waals surface area contributed by atoms with E-state index >= 15 is 0 Å². The number of hydrogen-bond acceptors (Lipinski definition) is 7. The van der Waals surface area contributed by atoms with Crippen molar-refractivity contribution < 1.29 is 0 Å². The number of rotatable bonds is 4. The predicted octanol–water partition coefficient (Wildman–Crippen LogP) is -0.110. The summed E-state index contributed by atoms with van der Waals surface area (Å²) in [6.45, 7) is 0.597. The minimum Gasteiger partial charge on any atom is -0.368 e. The van der Waals surface area contributed by atoms with Gasteiger partial charge in [-0.3, -0.25) is 0 Å². The summed E-state index contributed by atoms with van der Waals surface area (Å²) >= 11 is 0. The maximum atomic E-state index is 5.70. The van der Waals surface area contributed by atoms with Crippen LogP contribution in [0.2, 0.25) is 0 Å². The second kappa shape index (κ2) is 5.09. The van der Waals surface area contributed by atoms with Crippen LogP contribution in [-0.2, 0) is 13.6 Å². The summed E-state index contributed by atoms with van der Waals surface area (Å²) in [5.41, 5.74) is 5.70. The van der Waals surface area contributed by atoms with Gasteiger partial charge in [0.2, 0.25) is 17.8 Å². The molecule has 2 heterocycles. The molecule has 0 bridgehead atoms. The predicted molar refractivity (Wildman–Crippen MR) is 73.9 cm³/mol. The number of aromatic nitrogens is 5. The lowest BCUT2D eigenvalue weighted by Crippen LogP contribution is -2.24. The summed E-state index contributed by atoms with van der Waals surface area (Å²) in [7, 11) is 7.56. The number of hydrogen-bond donors (Lipinski definition) is 1. The molecule has 0 aliphatic heterocycles. The Morgan fingerprint density at radius 1 is 1.16 bits per heavy atom. The van der Waals surface area contributed by atoms with Gasteiger partial charge in [-0.2, -0.15) is 15.0 Å². The standard InChI is InChI=1S/C11H18N8/c1-17(2)10-14-9(12)15-11(16-10)19(4)7-8-13-5-6-18(8)3/h5-6H,7H2,1-4H3,(H2,12,14,15,16). The minimum atomic E-state index is 0.209. The molecule has 0 saturated heterocycles. The van der Waals surface area contributed by atoms with E-state index in [0.29, 0.717) is 18.4 Å². The highest BCUT2D eigenvalue weighted by Gasteiger charge is 2.12. The van der Waals surface area contributed by atoms with Gasteiger partial charge in [0.25, 0.3) is 0 Å². The lowest BCUT2D eigenvalue weighted by Gasteiger charge is -2.18. The Morgan fingerprint density at radius 2 is 1.84 bits per heavy atom. The maximum Gasteiger partial charge on any atom is 0.232 e. The van der Waals surface area contributed by atoms with E-state index in [2.05, 4.69) is 19.9 Å². The third-order valence-corrected chi connectivity index (χ3v) is 2.67. The van der Waals surface area contributed by atoms with Gasteiger partial charge in [0.1, 0.15) is 5.82 Å². The molecule has 0 radical (unpaired) electrons. The van der Waals surface area contributed by atoms with Gasteiger partial charge in [-0.25, -0.2) is 4.98 Å². The smallest absolute Gasteiger partial charge is 0.232 e. The summed E-state index contributed by atoms with van der Waals surface area (Å²) in [5.74, 6) is 2.20. The highest BCUT2D eigenvalue weighted by molar-refractivity contribution is 5.42. The molecule has 102 valence electrons. The van der Waals surface area contributed by atoms with E-state index in [1.165, 1.54) is 0 Å². The van der Waals surface area contributed by atoms with Gasteiger partial charge in [0.05, 0.1) is 6.54 Å². The first-order valence-electron chi connectivity index (χ1n) is 5.83. The molecular weight excluding hydrogens is 244 g/mol. The van der Waals surface area contributed by atoms with Crippen LogP contribution in [0.15, 0.2) is 12.4 Å². The first-order chi connectivity index (χ1) is 8.97. The molecule has 8 nitrogen and oxygen atoms in total. The molecule has 0 amide bonds. The second-order valence-electron chi connectivity index (χ2n) is 4.50. The Balaban J connectivity index is 2.23. The van der Waals surface area contributed by atoms with Crippen LogP contribution < -0.4 is 15.5 Å². The number of aryl methyl sites for hydroxylation is 1. The van der Waals surface area contributed by atoms with Crippen molar-refractivity contribution in [3.05, 3.63) is 18.2 Å². The zero-order chi connectivity index (χ0) is 14.0. The van der Waals surface area contributed by atoms with Crippen LogP contribution in [0.25, 0.3) is 0 Å². The fourth-order valence-electron chi connectivity index (χ4n) is 1.57. The SMILES string of the molecule is CN(C)c1nc(N)nc(N(C)Cc2nccn2C)n1. The zero-order valence-electron chi connectivity index (χ0n) is 11.6. The normalized spacial score (nSPS) is 10.5. The molecule has 0 aliphatic carbocycles. The van der Waals surface area contributed by atoms with Gasteiger partial charge in [-0.1, -0.05) is 0 Å². The highest BCUT2D eigenvalue weighted by atomic mass is 15.3. The van der Waals surface area contributed by atoms with Crippen LogP contribution in [0.1, 0.15) is 5.82 Å². The topological polar surface area (TPSA) is 89.0 Å². The van der Waals surface area contributed by atoms with Crippen LogP contribution in [0.4, 0.5) is 17.8 Å². The summed E-state index contributed by atoms with van der Waals surface area (Å²) in [6.07, 6.45) is 3.66. The lowest BCUT2D eigenvalue weighted by molar-refractivity contribution is 0.744. The van der Waals surface area contributed by atoms with Crippen molar-refractivity contribution in [1.29, 1.82) is 0 Å². The molecule has 2 aromatic rings. The number of anilines is 3. The summed E-state index contributed by atoms with van der Waals surface area (Å²) in [5, 5.41) is 0. The van der Waals surface area contributed by atoms with Gasteiger partial charge in [-0.05, 0) is 0 Å². The van der Waals surface area contributed by atoms with Crippen LogP contribution in [0.3, 0.4) is 0 Å². The Kier molecular flexibility index (Phi) is 3.50. The molecule has 2 aromatic heterocycles. The molecule has 0 aromatic carbocycles. The Hall–Kier alpha value is -2.38. The van der Waals surface area contributed by atoms with Crippen molar-refractivity contribution in [1.82, 2.24) is 24.5 Å². The molecule has 0 atom stereocenters. The molecule has 19 heavy (non-hydrogen) atoms. The third kappa shape index (κ3) is 2.90. The van der Waals surface area contributed by atoms with Gasteiger partial charge < -0.3 is 20.1 Å². The van der Waals surface area contributed by atoms with E-state index in [0.717, 1.165) is 5.82 Å². The quantitative estimate of drug-likeness (QED) is 0.822. The average molecular weight is 262 g/mol. The van der Waals surface area contributed by atoms with Crippen LogP contribution in [-0.4, -0.2) is 45.6 Å². The van der Waals surface area contributed by atoms with E-state index < -0.39 is 0 Å². The maximum absolute atomic E-state index is 5.70. The van der Waals surface area contributed by atoms with Crippen LogP contribution >= 0.6 is 0 Å². The number of nitrogens with two attached hydrogens (primary N) is 1. The molecule has 0 unspecified atom stereocenters. The molecule has 0 saturated carbocycles. The monoisotopic (exact) mass is 262 g/mol. The molecule has 2 rings (SSSR count). The highest BCUT2D eigenvalue weighted by Crippen LogP contribution is 2.14. The molecular formula is C11H18N8. The Labute approximate surface area is 111 Å². The van der Waals surface area contributed by atoms with Crippen molar-refractivity contribution >= 4 is 17.8 Å². The Bertz CT molecular complexity index is 562. The van der Waals surface area contributed by atoms with E-state index in [9.17, 15) is 0 Å². The molecule has 0 spiro atoms. The van der Waals surface area contributed by atoms with Crippen molar-refractivity contribution in [3.8, 4) is 0 Å². The van der Waals surface area contributed by atoms with Gasteiger partial charge in [0.15, 0.2) is 0 Å². The van der Waals surface area contributed by atoms with Crippen LogP contribution in [0, 0.1) is 0 Å². The Morgan fingerprint density at radius 3 is 2.42 bits per heavy atom. The average Bonchev–Trinajstić information content (AvgIpc) is 2.74. The fraction of sp³-hybridized carbons (Fsp3) is 0.455. The lowest BCUT2D eigenvalue weighted by atomic mass is 10.5. The van der Waals surface area contributed by atoms with E-state index in [4.69, 9.17) is 5.73 Å². The molecule has 2 N–H and O–H groups in total. The first kappa shape index (κ1) is 13.1. The van der Waals surface area contributed by atoms with E-state index in [1.54, 1.807) is 11.1 Å². The van der Waals surface area contributed by atoms with Crippen molar-refractivity contribution in [2.45, 2.75) is 6.54 Å². The van der Waals surface area contributed by atoms with Crippen molar-refractivity contribution in [3.63, 3.8) is 0 Å². The van der Waals surface area contributed by atoms with E-state index in [1.807, 2.05) is 43.9 Å². The first-order valence-corrected chi connectivity index (χ1v) is 5.83. The second-order valence-corrected chi connectivity index (χ2v) is 4.50. The van der Waals surface area contributed by atoms with Crippen LogP contribution in [0.5, 0.6) is 0 Å². The van der Waals surface area contributed by atoms with Gasteiger partial charge >= 0.3 is 0 Å². The largest absolute Gasteiger partial charge is 0.368 e. The molecule has 0 aliphatic rings. The van der Waals surface area contributed by atoms with Crippen molar-refractivity contribution in [2.24, 2.45) is 7.05 Å². The van der Waals surface area contributed by atoms with E-state index in [-0.39, 0.29) is 5.95 Å². The zero-order valence-corrected chi connectivity index (χ0v) is 11.6. The number of nitrogens with zero attached hydrogens (tertiary/aromatic N) is 7.